The molecule has 1 heterocycles. The van der Waals surface area contributed by atoms with Gasteiger partial charge in [-0.25, -0.2) is 0 Å². The van der Waals surface area contributed by atoms with Gasteiger partial charge >= 0.3 is 33.3 Å². The van der Waals surface area contributed by atoms with Gasteiger partial charge in [0.2, 0.25) is 0 Å². The van der Waals surface area contributed by atoms with E-state index in [2.05, 4.69) is 61.9 Å². The van der Waals surface area contributed by atoms with Crippen molar-refractivity contribution in [2.24, 2.45) is 9.98 Å². The summed E-state index contributed by atoms with van der Waals surface area (Å²) in [7, 11) is 9.53. The fourth-order valence-electron chi connectivity index (χ4n) is 2.78. The van der Waals surface area contributed by atoms with Crippen LogP contribution in [0.15, 0.2) is 62.9 Å². The Hall–Kier alpha value is -1.84. The SMILES string of the molecule is Cc1cccc(C)c1N=Cc1ccc(C=Nc2c(C)cccc2C)o1.[Cl][Fe][Cl]. The number of hydrogen-bond donors (Lipinski definition) is 0. The molecule has 148 valence electrons. The van der Waals surface area contributed by atoms with Crippen molar-refractivity contribution in [1.29, 1.82) is 0 Å². The number of para-hydroxylation sites is 2. The average molecular weight is 457 g/mol. The van der Waals surface area contributed by atoms with Crippen molar-refractivity contribution in [3.8, 4) is 0 Å². The van der Waals surface area contributed by atoms with Crippen molar-refractivity contribution in [1.82, 2.24) is 0 Å². The Morgan fingerprint density at radius 2 is 1.00 bits per heavy atom. The number of hydrogen-bond acceptors (Lipinski definition) is 3. The molecule has 0 aliphatic heterocycles. The first kappa shape index (κ1) is 22.4. The minimum absolute atomic E-state index is 0.194. The summed E-state index contributed by atoms with van der Waals surface area (Å²) in [6.45, 7) is 8.24. The second kappa shape index (κ2) is 11.2. The summed E-state index contributed by atoms with van der Waals surface area (Å²) in [5.74, 6) is 1.43. The Kier molecular flexibility index (Phi) is 9.00. The molecule has 2 aromatic carbocycles. The number of rotatable bonds is 4. The van der Waals surface area contributed by atoms with Gasteiger partial charge in [0.1, 0.15) is 11.5 Å². The summed E-state index contributed by atoms with van der Waals surface area (Å²) in [5.41, 5.74) is 6.59. The van der Waals surface area contributed by atoms with Crippen LogP contribution in [0, 0.1) is 27.7 Å². The molecule has 3 rings (SSSR count). The summed E-state index contributed by atoms with van der Waals surface area (Å²) in [6, 6.07) is 16.1. The van der Waals surface area contributed by atoms with Crippen LogP contribution in [0.25, 0.3) is 0 Å². The van der Waals surface area contributed by atoms with Crippen LogP contribution in [0.4, 0.5) is 11.4 Å². The second-order valence-corrected chi connectivity index (χ2v) is 8.11. The molecule has 0 aliphatic rings. The van der Waals surface area contributed by atoms with E-state index in [4.69, 9.17) is 24.6 Å². The van der Waals surface area contributed by atoms with Crippen molar-refractivity contribution >= 4 is 44.0 Å². The molecule has 0 atom stereocenters. The van der Waals surface area contributed by atoms with Crippen molar-refractivity contribution in [2.75, 3.05) is 0 Å². The molecule has 0 saturated heterocycles. The van der Waals surface area contributed by atoms with E-state index in [9.17, 15) is 0 Å². The molecule has 0 fully saturated rings. The Bertz CT molecular complexity index is 864. The molecular formula is C22H22Cl2FeN2O. The molecule has 0 amide bonds. The van der Waals surface area contributed by atoms with Gasteiger partial charge in [0, 0.05) is 0 Å². The van der Waals surface area contributed by atoms with Gasteiger partial charge in [0.05, 0.1) is 23.8 Å². The Labute approximate surface area is 181 Å². The number of aliphatic imine (C=N–C) groups is 2. The van der Waals surface area contributed by atoms with Crippen LogP contribution >= 0.6 is 20.2 Å². The molecular weight excluding hydrogens is 435 g/mol. The summed E-state index contributed by atoms with van der Waals surface area (Å²) in [4.78, 5) is 9.14. The minimum atomic E-state index is 0.194. The number of benzene rings is 2. The van der Waals surface area contributed by atoms with Crippen LogP contribution in [0.2, 0.25) is 0 Å². The third-order valence-corrected chi connectivity index (χ3v) is 4.17. The van der Waals surface area contributed by atoms with E-state index in [0.29, 0.717) is 11.5 Å². The summed E-state index contributed by atoms with van der Waals surface area (Å²) in [6.07, 6.45) is 3.51. The third kappa shape index (κ3) is 6.35. The molecule has 0 N–H and O–H groups in total. The van der Waals surface area contributed by atoms with Gasteiger partial charge in [-0.1, -0.05) is 36.4 Å². The first-order chi connectivity index (χ1) is 13.5. The van der Waals surface area contributed by atoms with E-state index >= 15 is 0 Å². The number of halogens is 2. The number of nitrogens with zero attached hydrogens (tertiary/aromatic N) is 2. The average Bonchev–Trinajstić information content (AvgIpc) is 3.09. The van der Waals surface area contributed by atoms with Gasteiger partial charge < -0.3 is 4.42 Å². The molecule has 0 bridgehead atoms. The Morgan fingerprint density at radius 1 is 0.679 bits per heavy atom. The predicted octanol–water partition coefficient (Wildman–Crippen LogP) is 7.39. The van der Waals surface area contributed by atoms with E-state index < -0.39 is 0 Å². The van der Waals surface area contributed by atoms with E-state index in [1.54, 1.807) is 12.4 Å². The predicted molar refractivity (Wildman–Crippen MR) is 117 cm³/mol. The molecule has 0 radical (unpaired) electrons. The van der Waals surface area contributed by atoms with Gasteiger partial charge in [-0.15, -0.1) is 0 Å². The maximum atomic E-state index is 5.79. The first-order valence-electron chi connectivity index (χ1n) is 8.62. The monoisotopic (exact) mass is 456 g/mol. The van der Waals surface area contributed by atoms with Crippen molar-refractivity contribution < 1.29 is 17.6 Å². The molecule has 0 aliphatic carbocycles. The van der Waals surface area contributed by atoms with Gasteiger partial charge in [0.25, 0.3) is 0 Å². The van der Waals surface area contributed by atoms with Crippen LogP contribution in [0.1, 0.15) is 33.8 Å². The molecule has 6 heteroatoms. The topological polar surface area (TPSA) is 37.9 Å². The van der Waals surface area contributed by atoms with E-state index in [0.717, 1.165) is 33.6 Å². The second-order valence-electron chi connectivity index (χ2n) is 6.29. The van der Waals surface area contributed by atoms with Crippen LogP contribution in [0.5, 0.6) is 0 Å². The zero-order chi connectivity index (χ0) is 20.5. The van der Waals surface area contributed by atoms with Crippen LogP contribution in [-0.2, 0) is 13.1 Å². The molecule has 0 unspecified atom stereocenters. The third-order valence-electron chi connectivity index (χ3n) is 4.17. The van der Waals surface area contributed by atoms with E-state index in [1.807, 2.05) is 24.3 Å². The first-order valence-corrected chi connectivity index (χ1v) is 11.7. The Balaban J connectivity index is 0.000000878. The molecule has 28 heavy (non-hydrogen) atoms. The van der Waals surface area contributed by atoms with Gasteiger partial charge in [0.15, 0.2) is 0 Å². The summed E-state index contributed by atoms with van der Waals surface area (Å²) in [5, 5.41) is 0. The van der Waals surface area contributed by atoms with E-state index in [-0.39, 0.29) is 13.1 Å². The summed E-state index contributed by atoms with van der Waals surface area (Å²) >= 11 is 0.194. The zero-order valence-corrected chi connectivity index (χ0v) is 18.8. The number of aryl methyl sites for hydroxylation is 4. The molecule has 3 nitrogen and oxygen atoms in total. The van der Waals surface area contributed by atoms with Crippen LogP contribution in [0.3, 0.4) is 0 Å². The standard InChI is InChI=1S/C22H22N2O.2ClH.Fe/c1-15-7-5-8-16(2)21(15)23-13-19-11-12-20(25-19)14-24-22-17(3)9-6-10-18(22)4;;;/h5-14H,1-4H3;2*1H;/q;;;+2/p-2. The molecule has 1 aromatic heterocycles. The molecule has 0 spiro atoms. The fraction of sp³-hybridized carbons (Fsp3) is 0.182. The van der Waals surface area contributed by atoms with Crippen LogP contribution < -0.4 is 0 Å². The van der Waals surface area contributed by atoms with Crippen molar-refractivity contribution in [3.63, 3.8) is 0 Å². The molecule has 0 saturated carbocycles. The van der Waals surface area contributed by atoms with Crippen molar-refractivity contribution in [2.45, 2.75) is 27.7 Å². The van der Waals surface area contributed by atoms with Crippen LogP contribution in [-0.4, -0.2) is 12.4 Å². The van der Waals surface area contributed by atoms with Gasteiger partial charge in [-0.3, -0.25) is 9.98 Å². The maximum absolute atomic E-state index is 5.79. The Morgan fingerprint density at radius 3 is 1.32 bits per heavy atom. The number of furan rings is 1. The summed E-state index contributed by atoms with van der Waals surface area (Å²) < 4.78 is 5.79. The quantitative estimate of drug-likeness (QED) is 0.297. The normalized spacial score (nSPS) is 11.2. The van der Waals surface area contributed by atoms with Gasteiger partial charge in [-0.2, -0.15) is 0 Å². The molecule has 3 aromatic rings. The fourth-order valence-corrected chi connectivity index (χ4v) is 2.78. The van der Waals surface area contributed by atoms with Crippen molar-refractivity contribution in [3.05, 3.63) is 82.3 Å². The van der Waals surface area contributed by atoms with Gasteiger partial charge in [-0.05, 0) is 62.1 Å². The zero-order valence-electron chi connectivity index (χ0n) is 16.2. The van der Waals surface area contributed by atoms with E-state index in [1.165, 1.54) is 0 Å².